The minimum absolute atomic E-state index is 0.0175. The summed E-state index contributed by atoms with van der Waals surface area (Å²) in [7, 11) is 1.44. The molecule has 2 aromatic rings. The number of fused-ring (bicyclic) bond motifs is 1. The fourth-order valence-corrected chi connectivity index (χ4v) is 5.47. The van der Waals surface area contributed by atoms with Crippen LogP contribution in [0.1, 0.15) is 47.6 Å². The number of carbonyl (C=O) groups is 2. The standard InChI is InChI=1S/C23H29N3O3/c1-15-10-16(2)26(24-15)11-17-6-8-18(9-7-17)20(27)25-12-19-22(3,4)13-23(19,14-25)21(28)29-5/h6-10,19H,11-14H2,1-5H3/t19-,23+/m1/s1. The molecule has 2 aliphatic rings. The SMILES string of the molecule is COC(=O)[C@@]12CN(C(=O)c3ccc(Cn4nc(C)cc4C)cc3)C[C@@H]1C(C)(C)C2. The highest BCUT2D eigenvalue weighted by atomic mass is 16.5. The number of aromatic nitrogens is 2. The second-order valence-corrected chi connectivity index (χ2v) is 9.33. The van der Waals surface area contributed by atoms with Crippen molar-refractivity contribution in [1.29, 1.82) is 0 Å². The van der Waals surface area contributed by atoms with Gasteiger partial charge in [-0.05, 0) is 55.4 Å². The van der Waals surface area contributed by atoms with Crippen LogP contribution in [0.25, 0.3) is 0 Å². The van der Waals surface area contributed by atoms with Crippen LogP contribution in [0.2, 0.25) is 0 Å². The number of hydrogen-bond acceptors (Lipinski definition) is 4. The van der Waals surface area contributed by atoms with E-state index >= 15 is 0 Å². The molecule has 1 saturated heterocycles. The Hall–Kier alpha value is -2.63. The van der Waals surface area contributed by atoms with Crippen molar-refractivity contribution in [3.63, 3.8) is 0 Å². The predicted molar refractivity (Wildman–Crippen MR) is 109 cm³/mol. The number of amides is 1. The quantitative estimate of drug-likeness (QED) is 0.746. The van der Waals surface area contributed by atoms with Crippen molar-refractivity contribution in [1.82, 2.24) is 14.7 Å². The third-order valence-electron chi connectivity index (χ3n) is 6.77. The number of nitrogens with zero attached hydrogens (tertiary/aromatic N) is 3. The topological polar surface area (TPSA) is 64.4 Å². The summed E-state index contributed by atoms with van der Waals surface area (Å²) in [6.07, 6.45) is 0.767. The molecule has 1 saturated carbocycles. The van der Waals surface area contributed by atoms with Crippen LogP contribution >= 0.6 is 0 Å². The zero-order valence-electron chi connectivity index (χ0n) is 17.9. The molecule has 1 aliphatic carbocycles. The molecule has 6 nitrogen and oxygen atoms in total. The Bertz CT molecular complexity index is 960. The van der Waals surface area contributed by atoms with Gasteiger partial charge in [0.25, 0.3) is 5.91 Å². The zero-order chi connectivity index (χ0) is 21.0. The molecule has 29 heavy (non-hydrogen) atoms. The largest absolute Gasteiger partial charge is 0.469 e. The Morgan fingerprint density at radius 3 is 2.45 bits per heavy atom. The van der Waals surface area contributed by atoms with E-state index in [1.54, 1.807) is 0 Å². The van der Waals surface area contributed by atoms with Crippen molar-refractivity contribution in [3.05, 3.63) is 52.8 Å². The van der Waals surface area contributed by atoms with Crippen molar-refractivity contribution in [2.75, 3.05) is 20.2 Å². The molecular weight excluding hydrogens is 366 g/mol. The van der Waals surface area contributed by atoms with Crippen molar-refractivity contribution in [2.24, 2.45) is 16.7 Å². The van der Waals surface area contributed by atoms with Crippen LogP contribution < -0.4 is 0 Å². The lowest BCUT2D eigenvalue weighted by Crippen LogP contribution is -2.57. The van der Waals surface area contributed by atoms with E-state index in [1.807, 2.05) is 47.7 Å². The van der Waals surface area contributed by atoms with Gasteiger partial charge in [-0.25, -0.2) is 0 Å². The number of rotatable bonds is 4. The minimum Gasteiger partial charge on any atom is -0.469 e. The van der Waals surface area contributed by atoms with Gasteiger partial charge in [-0.15, -0.1) is 0 Å². The van der Waals surface area contributed by atoms with E-state index in [-0.39, 0.29) is 23.2 Å². The molecule has 1 aliphatic heterocycles. The van der Waals surface area contributed by atoms with Crippen LogP contribution in [0.4, 0.5) is 0 Å². The Labute approximate surface area is 171 Å². The van der Waals surface area contributed by atoms with Crippen molar-refractivity contribution in [3.8, 4) is 0 Å². The molecule has 1 aromatic carbocycles. The van der Waals surface area contributed by atoms with Crippen molar-refractivity contribution in [2.45, 2.75) is 40.7 Å². The summed E-state index contributed by atoms with van der Waals surface area (Å²) in [5.74, 6) is -0.0507. The number of benzene rings is 1. The summed E-state index contributed by atoms with van der Waals surface area (Å²) in [4.78, 5) is 27.4. The molecule has 0 radical (unpaired) electrons. The van der Waals surface area contributed by atoms with Crippen LogP contribution in [0.15, 0.2) is 30.3 Å². The molecule has 0 spiro atoms. The second kappa shape index (κ2) is 6.71. The second-order valence-electron chi connectivity index (χ2n) is 9.33. The number of likely N-dealkylation sites (tertiary alicyclic amines) is 1. The molecule has 4 rings (SSSR count). The smallest absolute Gasteiger partial charge is 0.314 e. The molecule has 1 amide bonds. The first-order chi connectivity index (χ1) is 13.7. The summed E-state index contributed by atoms with van der Waals surface area (Å²) in [6, 6.07) is 9.76. The van der Waals surface area contributed by atoms with Gasteiger partial charge in [0.2, 0.25) is 0 Å². The first-order valence-electron chi connectivity index (χ1n) is 10.1. The predicted octanol–water partition coefficient (Wildman–Crippen LogP) is 3.21. The van der Waals surface area contributed by atoms with Gasteiger partial charge < -0.3 is 9.64 Å². The van der Waals surface area contributed by atoms with Gasteiger partial charge in [-0.2, -0.15) is 5.10 Å². The van der Waals surface area contributed by atoms with Gasteiger partial charge in [0.15, 0.2) is 0 Å². The van der Waals surface area contributed by atoms with Crippen molar-refractivity contribution >= 4 is 11.9 Å². The average Bonchev–Trinajstić information content (AvgIpc) is 3.18. The van der Waals surface area contributed by atoms with Crippen LogP contribution in [0.5, 0.6) is 0 Å². The van der Waals surface area contributed by atoms with E-state index in [2.05, 4.69) is 25.0 Å². The highest BCUT2D eigenvalue weighted by Gasteiger charge is 2.68. The fourth-order valence-electron chi connectivity index (χ4n) is 5.47. The first kappa shape index (κ1) is 19.7. The molecule has 154 valence electrons. The highest BCUT2D eigenvalue weighted by Crippen LogP contribution is 2.63. The summed E-state index contributed by atoms with van der Waals surface area (Å²) in [5.41, 5.74) is 3.38. The van der Waals surface area contributed by atoms with E-state index < -0.39 is 5.41 Å². The van der Waals surface area contributed by atoms with Crippen LogP contribution in [-0.4, -0.2) is 46.8 Å². The number of aryl methyl sites for hydroxylation is 2. The lowest BCUT2D eigenvalue weighted by molar-refractivity contribution is -0.174. The number of carbonyl (C=O) groups excluding carboxylic acids is 2. The fraction of sp³-hybridized carbons (Fsp3) is 0.522. The van der Waals surface area contributed by atoms with Crippen LogP contribution in [0, 0.1) is 30.6 Å². The van der Waals surface area contributed by atoms with E-state index in [1.165, 1.54) is 7.11 Å². The Morgan fingerprint density at radius 2 is 1.90 bits per heavy atom. The number of methoxy groups -OCH3 is 1. The molecule has 0 bridgehead atoms. The average molecular weight is 396 g/mol. The molecule has 1 aromatic heterocycles. The lowest BCUT2D eigenvalue weighted by Gasteiger charge is -2.54. The third-order valence-corrected chi connectivity index (χ3v) is 6.77. The Kier molecular flexibility index (Phi) is 4.56. The van der Waals surface area contributed by atoms with Gasteiger partial charge >= 0.3 is 5.97 Å². The number of esters is 1. The number of hydrogen-bond donors (Lipinski definition) is 0. The monoisotopic (exact) mass is 395 g/mol. The summed E-state index contributed by atoms with van der Waals surface area (Å²) in [5, 5.41) is 4.49. The normalized spacial score (nSPS) is 24.7. The zero-order valence-corrected chi connectivity index (χ0v) is 17.9. The summed E-state index contributed by atoms with van der Waals surface area (Å²) >= 11 is 0. The maximum absolute atomic E-state index is 13.1. The Balaban J connectivity index is 1.49. The molecule has 0 N–H and O–H groups in total. The summed E-state index contributed by atoms with van der Waals surface area (Å²) in [6.45, 7) is 10.1. The van der Waals surface area contributed by atoms with Crippen LogP contribution in [0.3, 0.4) is 0 Å². The Morgan fingerprint density at radius 1 is 1.21 bits per heavy atom. The molecule has 6 heteroatoms. The van der Waals surface area contributed by atoms with Gasteiger partial charge in [-0.3, -0.25) is 14.3 Å². The molecule has 2 heterocycles. The molecular formula is C23H29N3O3. The van der Waals surface area contributed by atoms with Gasteiger partial charge in [0.1, 0.15) is 0 Å². The molecule has 0 unspecified atom stereocenters. The maximum Gasteiger partial charge on any atom is 0.314 e. The first-order valence-corrected chi connectivity index (χ1v) is 10.1. The van der Waals surface area contributed by atoms with E-state index in [0.717, 1.165) is 23.4 Å². The maximum atomic E-state index is 13.1. The summed E-state index contributed by atoms with van der Waals surface area (Å²) < 4.78 is 7.05. The number of ether oxygens (including phenoxy) is 1. The van der Waals surface area contributed by atoms with Gasteiger partial charge in [0.05, 0.1) is 24.8 Å². The molecule has 2 atom stereocenters. The van der Waals surface area contributed by atoms with Crippen molar-refractivity contribution < 1.29 is 14.3 Å². The van der Waals surface area contributed by atoms with Gasteiger partial charge in [-0.1, -0.05) is 26.0 Å². The van der Waals surface area contributed by atoms with Crippen LogP contribution in [-0.2, 0) is 16.1 Å². The highest BCUT2D eigenvalue weighted by molar-refractivity contribution is 5.95. The van der Waals surface area contributed by atoms with Gasteiger partial charge in [0, 0.05) is 24.3 Å². The third kappa shape index (κ3) is 3.15. The molecule has 2 fully saturated rings. The lowest BCUT2D eigenvalue weighted by atomic mass is 9.48. The van der Waals surface area contributed by atoms with E-state index in [0.29, 0.717) is 25.2 Å². The minimum atomic E-state index is -0.538. The van der Waals surface area contributed by atoms with E-state index in [9.17, 15) is 9.59 Å². The van der Waals surface area contributed by atoms with E-state index in [4.69, 9.17) is 4.74 Å².